The van der Waals surface area contributed by atoms with Gasteiger partial charge < -0.3 is 11.1 Å². The number of rotatable bonds is 5. The van der Waals surface area contributed by atoms with Gasteiger partial charge in [0.25, 0.3) is 0 Å². The molecule has 2 aliphatic carbocycles. The summed E-state index contributed by atoms with van der Waals surface area (Å²) in [6.07, 6.45) is 4.26. The molecule has 0 aromatic carbocycles. The molecule has 3 atom stereocenters. The molecule has 3 unspecified atom stereocenters. The number of nitrogens with two attached hydrogens (primary N) is 1. The van der Waals surface area contributed by atoms with Gasteiger partial charge in [0.2, 0.25) is 5.91 Å². The molecule has 16 heavy (non-hydrogen) atoms. The number of azide groups is 1. The second kappa shape index (κ2) is 4.31. The van der Waals surface area contributed by atoms with Crippen LogP contribution in [0.15, 0.2) is 5.11 Å². The summed E-state index contributed by atoms with van der Waals surface area (Å²) in [6, 6.07) is 0. The molecule has 2 fully saturated rings. The van der Waals surface area contributed by atoms with E-state index in [-0.39, 0.29) is 5.91 Å². The van der Waals surface area contributed by atoms with Crippen LogP contribution in [0.1, 0.15) is 25.7 Å². The van der Waals surface area contributed by atoms with Crippen molar-refractivity contribution in [2.24, 2.45) is 22.7 Å². The predicted molar refractivity (Wildman–Crippen MR) is 59.4 cm³/mol. The van der Waals surface area contributed by atoms with Crippen molar-refractivity contribution in [2.75, 3.05) is 13.1 Å². The smallest absolute Gasteiger partial charge is 0.238 e. The fourth-order valence-electron chi connectivity index (χ4n) is 3.31. The molecule has 6 heteroatoms. The Morgan fingerprint density at radius 2 is 2.44 bits per heavy atom. The highest BCUT2D eigenvalue weighted by Crippen LogP contribution is 2.50. The van der Waals surface area contributed by atoms with Crippen molar-refractivity contribution >= 4 is 5.91 Å². The van der Waals surface area contributed by atoms with Crippen molar-refractivity contribution in [1.29, 1.82) is 0 Å². The Morgan fingerprint density at radius 1 is 1.62 bits per heavy atom. The molecule has 0 radical (unpaired) electrons. The number of nitrogens with zero attached hydrogens (tertiary/aromatic N) is 3. The molecule has 0 heterocycles. The van der Waals surface area contributed by atoms with Crippen molar-refractivity contribution in [3.05, 3.63) is 10.4 Å². The molecule has 1 amide bonds. The van der Waals surface area contributed by atoms with Gasteiger partial charge in [0.1, 0.15) is 5.54 Å². The quantitative estimate of drug-likeness (QED) is 0.313. The summed E-state index contributed by atoms with van der Waals surface area (Å²) in [7, 11) is 0. The van der Waals surface area contributed by atoms with Gasteiger partial charge >= 0.3 is 0 Å². The van der Waals surface area contributed by atoms with Crippen LogP contribution in [0, 0.1) is 11.8 Å². The Balaban J connectivity index is 2.00. The first-order chi connectivity index (χ1) is 7.69. The van der Waals surface area contributed by atoms with Gasteiger partial charge in [0.05, 0.1) is 0 Å². The van der Waals surface area contributed by atoms with Crippen LogP contribution in [0.4, 0.5) is 0 Å². The molecular weight excluding hydrogens is 206 g/mol. The number of amides is 1. The first-order valence-electron chi connectivity index (χ1n) is 5.75. The van der Waals surface area contributed by atoms with Crippen molar-refractivity contribution < 1.29 is 4.79 Å². The van der Waals surface area contributed by atoms with Crippen LogP contribution < -0.4 is 11.1 Å². The van der Waals surface area contributed by atoms with Crippen LogP contribution in [-0.2, 0) is 4.79 Å². The lowest BCUT2D eigenvalue weighted by Crippen LogP contribution is -2.59. The molecule has 2 bridgehead atoms. The monoisotopic (exact) mass is 223 g/mol. The van der Waals surface area contributed by atoms with Crippen LogP contribution in [0.25, 0.3) is 10.4 Å². The average Bonchev–Trinajstić information content (AvgIpc) is 2.84. The minimum absolute atomic E-state index is 0.249. The molecule has 2 rings (SSSR count). The minimum atomic E-state index is -0.534. The van der Waals surface area contributed by atoms with Crippen molar-refractivity contribution in [3.8, 4) is 0 Å². The first kappa shape index (κ1) is 11.2. The van der Waals surface area contributed by atoms with Gasteiger partial charge in [-0.05, 0) is 36.6 Å². The summed E-state index contributed by atoms with van der Waals surface area (Å²) >= 11 is 0. The van der Waals surface area contributed by atoms with E-state index in [1.165, 1.54) is 6.42 Å². The lowest BCUT2D eigenvalue weighted by Gasteiger charge is -2.35. The Bertz CT molecular complexity index is 338. The third-order valence-electron chi connectivity index (χ3n) is 4.00. The van der Waals surface area contributed by atoms with Gasteiger partial charge in [-0.15, -0.1) is 0 Å². The summed E-state index contributed by atoms with van der Waals surface area (Å²) in [5.41, 5.74) is 13.2. The maximum absolute atomic E-state index is 11.6. The topological polar surface area (TPSA) is 104 Å². The van der Waals surface area contributed by atoms with Crippen LogP contribution in [0.2, 0.25) is 0 Å². The third-order valence-corrected chi connectivity index (χ3v) is 4.00. The highest BCUT2D eigenvalue weighted by atomic mass is 16.1. The van der Waals surface area contributed by atoms with E-state index in [9.17, 15) is 4.79 Å². The van der Waals surface area contributed by atoms with E-state index in [1.54, 1.807) is 0 Å². The van der Waals surface area contributed by atoms with E-state index in [0.717, 1.165) is 19.3 Å². The van der Waals surface area contributed by atoms with Crippen LogP contribution in [0.5, 0.6) is 0 Å². The molecule has 0 aliphatic heterocycles. The molecule has 6 nitrogen and oxygen atoms in total. The van der Waals surface area contributed by atoms with Crippen LogP contribution >= 0.6 is 0 Å². The summed E-state index contributed by atoms with van der Waals surface area (Å²) in [6.45, 7) is 0.888. The van der Waals surface area contributed by atoms with E-state index in [0.29, 0.717) is 24.9 Å². The lowest BCUT2D eigenvalue weighted by atomic mass is 9.80. The lowest BCUT2D eigenvalue weighted by molar-refractivity contribution is -0.126. The Labute approximate surface area is 94.2 Å². The predicted octanol–water partition coefficient (Wildman–Crippen LogP) is 0.930. The molecule has 3 N–H and O–H groups in total. The maximum Gasteiger partial charge on any atom is 0.238 e. The average molecular weight is 223 g/mol. The Hall–Kier alpha value is -1.26. The molecule has 2 aliphatic rings. The van der Waals surface area contributed by atoms with Gasteiger partial charge in [-0.3, -0.25) is 4.79 Å². The first-order valence-corrected chi connectivity index (χ1v) is 5.75. The SMILES string of the molecule is [N-]=[N+]=NCCNC1(C(N)=O)CC2CCC1C2. The van der Waals surface area contributed by atoms with E-state index in [1.807, 2.05) is 0 Å². The zero-order valence-electron chi connectivity index (χ0n) is 9.22. The van der Waals surface area contributed by atoms with Gasteiger partial charge in [-0.1, -0.05) is 11.5 Å². The molecular formula is C10H17N5O. The third kappa shape index (κ3) is 1.74. The molecule has 2 saturated carbocycles. The summed E-state index contributed by atoms with van der Waals surface area (Å²) in [5, 5.41) is 6.67. The molecule has 0 aromatic heterocycles. The summed E-state index contributed by atoms with van der Waals surface area (Å²) < 4.78 is 0. The maximum atomic E-state index is 11.6. The molecule has 0 spiro atoms. The number of hydrogen-bond donors (Lipinski definition) is 2. The van der Waals surface area contributed by atoms with E-state index in [2.05, 4.69) is 15.3 Å². The number of nitrogens with one attached hydrogen (secondary N) is 1. The number of carbonyl (C=O) groups is 1. The van der Waals surface area contributed by atoms with Gasteiger partial charge in [-0.25, -0.2) is 0 Å². The molecule has 0 aromatic rings. The molecule has 88 valence electrons. The van der Waals surface area contributed by atoms with E-state index in [4.69, 9.17) is 11.3 Å². The fraction of sp³-hybridized carbons (Fsp3) is 0.900. The number of carbonyl (C=O) groups excluding carboxylic acids is 1. The van der Waals surface area contributed by atoms with Gasteiger partial charge in [-0.2, -0.15) is 0 Å². The summed E-state index contributed by atoms with van der Waals surface area (Å²) in [5.74, 6) is 0.770. The highest BCUT2D eigenvalue weighted by molar-refractivity contribution is 5.85. The largest absolute Gasteiger partial charge is 0.368 e. The van der Waals surface area contributed by atoms with Gasteiger partial charge in [0.15, 0.2) is 0 Å². The number of primary amides is 1. The second-order valence-corrected chi connectivity index (χ2v) is 4.80. The van der Waals surface area contributed by atoms with E-state index >= 15 is 0 Å². The number of hydrogen-bond acceptors (Lipinski definition) is 3. The van der Waals surface area contributed by atoms with Crippen LogP contribution in [0.3, 0.4) is 0 Å². The van der Waals surface area contributed by atoms with Crippen molar-refractivity contribution in [1.82, 2.24) is 5.32 Å². The normalized spacial score (nSPS) is 36.0. The van der Waals surface area contributed by atoms with Gasteiger partial charge in [0, 0.05) is 18.0 Å². The second-order valence-electron chi connectivity index (χ2n) is 4.80. The number of fused-ring (bicyclic) bond motifs is 2. The summed E-state index contributed by atoms with van der Waals surface area (Å²) in [4.78, 5) is 14.3. The van der Waals surface area contributed by atoms with Crippen LogP contribution in [-0.4, -0.2) is 24.5 Å². The highest BCUT2D eigenvalue weighted by Gasteiger charge is 2.54. The zero-order valence-corrected chi connectivity index (χ0v) is 9.22. The Kier molecular flexibility index (Phi) is 3.03. The van der Waals surface area contributed by atoms with E-state index < -0.39 is 5.54 Å². The Morgan fingerprint density at radius 3 is 2.94 bits per heavy atom. The van der Waals surface area contributed by atoms with Crippen molar-refractivity contribution in [3.63, 3.8) is 0 Å². The molecule has 0 saturated heterocycles. The zero-order chi connectivity index (χ0) is 11.6. The fourth-order valence-corrected chi connectivity index (χ4v) is 3.31. The minimum Gasteiger partial charge on any atom is -0.368 e. The van der Waals surface area contributed by atoms with Crippen molar-refractivity contribution in [2.45, 2.75) is 31.2 Å². The standard InChI is InChI=1S/C10H17N5O/c11-9(16)10(13-3-4-14-15-12)6-7-1-2-8(10)5-7/h7-8,13H,1-6H2,(H2,11,16).